The normalized spacial score (nSPS) is 19.4. The Bertz CT molecular complexity index is 492. The van der Waals surface area contributed by atoms with Crippen LogP contribution in [0.1, 0.15) is 45.2 Å². The number of nitrogens with one attached hydrogen (secondary N) is 1. The fourth-order valence-corrected chi connectivity index (χ4v) is 2.73. The molecule has 2 rings (SSSR count). The second kappa shape index (κ2) is 5.01. The van der Waals surface area contributed by atoms with Gasteiger partial charge >= 0.3 is 0 Å². The zero-order valence-corrected chi connectivity index (χ0v) is 11.9. The molecule has 96 valence electrons. The zero-order chi connectivity index (χ0) is 13.2. The minimum absolute atomic E-state index is 0.244. The summed E-state index contributed by atoms with van der Waals surface area (Å²) in [4.78, 5) is 0. The molecule has 0 saturated carbocycles. The molecule has 1 N–H and O–H groups in total. The molecule has 0 saturated heterocycles. The molecule has 0 atom stereocenters. The van der Waals surface area contributed by atoms with Gasteiger partial charge in [0.1, 0.15) is 0 Å². The molecule has 0 spiro atoms. The molecule has 0 aliphatic heterocycles. The van der Waals surface area contributed by atoms with Crippen molar-refractivity contribution in [2.45, 2.75) is 39.5 Å². The molecule has 0 fully saturated rings. The van der Waals surface area contributed by atoms with E-state index >= 15 is 0 Å². The van der Waals surface area contributed by atoms with Crippen LogP contribution in [0.15, 0.2) is 36.4 Å². The average molecular weight is 241 g/mol. The standard InChI is InChI=1S/C17H23N/c1-5-7-8-13-12-17(3,4)16-11-14(18-6-2)9-10-15(13)16/h5,7-11,18H,6,12H2,1-4H3/b7-5-,13-8+. The fourth-order valence-electron chi connectivity index (χ4n) is 2.73. The van der Waals surface area contributed by atoms with Crippen LogP contribution in [0.5, 0.6) is 0 Å². The van der Waals surface area contributed by atoms with Crippen molar-refractivity contribution in [1.82, 2.24) is 0 Å². The van der Waals surface area contributed by atoms with Gasteiger partial charge in [-0.05, 0) is 54.5 Å². The van der Waals surface area contributed by atoms with Gasteiger partial charge in [0, 0.05) is 12.2 Å². The first-order valence-electron chi connectivity index (χ1n) is 6.79. The van der Waals surface area contributed by atoms with Crippen LogP contribution in [0.2, 0.25) is 0 Å². The van der Waals surface area contributed by atoms with Gasteiger partial charge in [-0.2, -0.15) is 0 Å². The third-order valence-corrected chi connectivity index (χ3v) is 3.60. The van der Waals surface area contributed by atoms with E-state index in [9.17, 15) is 0 Å². The van der Waals surface area contributed by atoms with E-state index < -0.39 is 0 Å². The molecule has 0 amide bonds. The highest BCUT2D eigenvalue weighted by Gasteiger charge is 2.32. The molecule has 1 heteroatoms. The van der Waals surface area contributed by atoms with Crippen LogP contribution in [0, 0.1) is 0 Å². The van der Waals surface area contributed by atoms with Crippen molar-refractivity contribution in [2.24, 2.45) is 0 Å². The smallest absolute Gasteiger partial charge is 0.0343 e. The number of benzene rings is 1. The molecule has 0 aromatic heterocycles. The summed E-state index contributed by atoms with van der Waals surface area (Å²) < 4.78 is 0. The van der Waals surface area contributed by atoms with E-state index in [1.807, 2.05) is 0 Å². The van der Waals surface area contributed by atoms with Crippen LogP contribution in [-0.4, -0.2) is 6.54 Å². The van der Waals surface area contributed by atoms with Crippen molar-refractivity contribution in [3.63, 3.8) is 0 Å². The predicted molar refractivity (Wildman–Crippen MR) is 81.0 cm³/mol. The maximum atomic E-state index is 3.40. The van der Waals surface area contributed by atoms with Crippen LogP contribution in [0.3, 0.4) is 0 Å². The Morgan fingerprint density at radius 2 is 2.11 bits per heavy atom. The van der Waals surface area contributed by atoms with Crippen LogP contribution >= 0.6 is 0 Å². The van der Waals surface area contributed by atoms with Gasteiger partial charge in [0.2, 0.25) is 0 Å². The predicted octanol–water partition coefficient (Wildman–Crippen LogP) is 4.76. The minimum Gasteiger partial charge on any atom is -0.385 e. The molecule has 1 aromatic rings. The van der Waals surface area contributed by atoms with E-state index in [1.165, 1.54) is 22.4 Å². The highest BCUT2D eigenvalue weighted by molar-refractivity contribution is 5.78. The summed E-state index contributed by atoms with van der Waals surface area (Å²) in [7, 11) is 0. The van der Waals surface area contributed by atoms with Gasteiger partial charge in [-0.15, -0.1) is 0 Å². The average Bonchev–Trinajstić information content (AvgIpc) is 2.59. The fraction of sp³-hybridized carbons (Fsp3) is 0.412. The Hall–Kier alpha value is -1.50. The Kier molecular flexibility index (Phi) is 3.60. The molecule has 18 heavy (non-hydrogen) atoms. The Morgan fingerprint density at radius 1 is 1.33 bits per heavy atom. The summed E-state index contributed by atoms with van der Waals surface area (Å²) >= 11 is 0. The molecule has 1 aliphatic rings. The summed E-state index contributed by atoms with van der Waals surface area (Å²) in [6, 6.07) is 6.76. The van der Waals surface area contributed by atoms with E-state index in [-0.39, 0.29) is 5.41 Å². The summed E-state index contributed by atoms with van der Waals surface area (Å²) in [5, 5.41) is 3.40. The van der Waals surface area contributed by atoms with Gasteiger partial charge in [-0.25, -0.2) is 0 Å². The van der Waals surface area contributed by atoms with Crippen molar-refractivity contribution in [3.05, 3.63) is 47.6 Å². The summed E-state index contributed by atoms with van der Waals surface area (Å²) in [5.74, 6) is 0. The van der Waals surface area contributed by atoms with Crippen LogP contribution in [0.25, 0.3) is 5.57 Å². The lowest BCUT2D eigenvalue weighted by Gasteiger charge is -2.19. The molecule has 0 radical (unpaired) electrons. The largest absolute Gasteiger partial charge is 0.385 e. The molecular formula is C17H23N. The quantitative estimate of drug-likeness (QED) is 0.804. The molecule has 1 nitrogen and oxygen atoms in total. The lowest BCUT2D eigenvalue weighted by molar-refractivity contribution is 0.563. The molecule has 0 heterocycles. The molecule has 0 unspecified atom stereocenters. The topological polar surface area (TPSA) is 12.0 Å². The lowest BCUT2D eigenvalue weighted by Crippen LogP contribution is -2.12. The highest BCUT2D eigenvalue weighted by atomic mass is 14.8. The molecular weight excluding hydrogens is 218 g/mol. The van der Waals surface area contributed by atoms with Crippen molar-refractivity contribution >= 4 is 11.3 Å². The second-order valence-corrected chi connectivity index (χ2v) is 5.57. The third kappa shape index (κ3) is 2.35. The summed E-state index contributed by atoms with van der Waals surface area (Å²) in [6.07, 6.45) is 7.60. The van der Waals surface area contributed by atoms with Crippen molar-refractivity contribution < 1.29 is 0 Å². The van der Waals surface area contributed by atoms with Gasteiger partial charge in [-0.1, -0.05) is 38.1 Å². The Balaban J connectivity index is 2.46. The third-order valence-electron chi connectivity index (χ3n) is 3.60. The lowest BCUT2D eigenvalue weighted by atomic mass is 9.86. The molecule has 1 aliphatic carbocycles. The monoisotopic (exact) mass is 241 g/mol. The van der Waals surface area contributed by atoms with Crippen molar-refractivity contribution in [3.8, 4) is 0 Å². The first-order chi connectivity index (χ1) is 8.58. The van der Waals surface area contributed by atoms with E-state index in [2.05, 4.69) is 69.4 Å². The number of hydrogen-bond acceptors (Lipinski definition) is 1. The van der Waals surface area contributed by atoms with E-state index in [0.717, 1.165) is 13.0 Å². The molecule has 1 aromatic carbocycles. The second-order valence-electron chi connectivity index (χ2n) is 5.57. The van der Waals surface area contributed by atoms with Gasteiger partial charge in [0.05, 0.1) is 0 Å². The van der Waals surface area contributed by atoms with E-state index in [0.29, 0.717) is 0 Å². The van der Waals surface area contributed by atoms with Gasteiger partial charge in [-0.3, -0.25) is 0 Å². The van der Waals surface area contributed by atoms with Crippen LogP contribution in [-0.2, 0) is 5.41 Å². The minimum atomic E-state index is 0.244. The number of fused-ring (bicyclic) bond motifs is 1. The Morgan fingerprint density at radius 3 is 2.78 bits per heavy atom. The number of rotatable bonds is 3. The van der Waals surface area contributed by atoms with Crippen molar-refractivity contribution in [2.75, 3.05) is 11.9 Å². The van der Waals surface area contributed by atoms with E-state index in [1.54, 1.807) is 0 Å². The summed E-state index contributed by atoms with van der Waals surface area (Å²) in [5.41, 5.74) is 5.82. The van der Waals surface area contributed by atoms with Gasteiger partial charge in [0.15, 0.2) is 0 Å². The maximum absolute atomic E-state index is 3.40. The highest BCUT2D eigenvalue weighted by Crippen LogP contribution is 2.46. The van der Waals surface area contributed by atoms with E-state index in [4.69, 9.17) is 0 Å². The number of anilines is 1. The Labute approximate surface area is 111 Å². The van der Waals surface area contributed by atoms with Crippen molar-refractivity contribution in [1.29, 1.82) is 0 Å². The first-order valence-corrected chi connectivity index (χ1v) is 6.79. The zero-order valence-electron chi connectivity index (χ0n) is 11.9. The van der Waals surface area contributed by atoms with Gasteiger partial charge < -0.3 is 5.32 Å². The number of hydrogen-bond donors (Lipinski definition) is 1. The SMILES string of the molecule is C/C=C\C=C1/CC(C)(C)c2cc(NCC)ccc21. The number of allylic oxidation sites excluding steroid dienone is 4. The van der Waals surface area contributed by atoms with Crippen LogP contribution in [0.4, 0.5) is 5.69 Å². The summed E-state index contributed by atoms with van der Waals surface area (Å²) in [6.45, 7) is 9.83. The maximum Gasteiger partial charge on any atom is 0.0343 e. The van der Waals surface area contributed by atoms with Crippen LogP contribution < -0.4 is 5.32 Å². The first kappa shape index (κ1) is 12.9. The molecule has 0 bridgehead atoms. The van der Waals surface area contributed by atoms with Gasteiger partial charge in [0.25, 0.3) is 0 Å².